The summed E-state index contributed by atoms with van der Waals surface area (Å²) in [5.41, 5.74) is 3.79. The molecule has 1 aliphatic heterocycles. The molecule has 0 N–H and O–H groups in total. The van der Waals surface area contributed by atoms with Gasteiger partial charge in [-0.2, -0.15) is 0 Å². The van der Waals surface area contributed by atoms with E-state index < -0.39 is 0 Å². The van der Waals surface area contributed by atoms with Crippen LogP contribution < -0.4 is 10.5 Å². The number of fused-ring (bicyclic) bond motifs is 2. The number of para-hydroxylation sites is 2. The van der Waals surface area contributed by atoms with E-state index in [2.05, 4.69) is 6.07 Å². The van der Waals surface area contributed by atoms with Gasteiger partial charge in [-0.15, -0.1) is 0 Å². The first-order valence-electron chi connectivity index (χ1n) is 8.62. The molecule has 0 bridgehead atoms. The Morgan fingerprint density at radius 2 is 1.84 bits per heavy atom. The van der Waals surface area contributed by atoms with Gasteiger partial charge < -0.3 is 9.47 Å². The van der Waals surface area contributed by atoms with E-state index in [4.69, 9.17) is 0 Å². The monoisotopic (exact) mass is 332 g/mol. The largest absolute Gasteiger partial charge is 0.312 e. The maximum Gasteiger partial charge on any atom is 0.253 e. The number of amides is 1. The SMILES string of the molecule is Cc1cc2ccccc2n(CCC(=O)N2CCc3ccccc32)c1=O. The number of benzene rings is 2. The summed E-state index contributed by atoms with van der Waals surface area (Å²) in [5, 5.41) is 1.03. The maximum atomic E-state index is 12.7. The molecule has 0 aliphatic carbocycles. The molecule has 0 saturated heterocycles. The van der Waals surface area contributed by atoms with Gasteiger partial charge in [0.2, 0.25) is 5.91 Å². The Morgan fingerprint density at radius 3 is 2.72 bits per heavy atom. The molecule has 4 heteroatoms. The average Bonchev–Trinajstić information content (AvgIpc) is 3.06. The molecule has 3 aromatic rings. The summed E-state index contributed by atoms with van der Waals surface area (Å²) in [6.07, 6.45) is 1.22. The van der Waals surface area contributed by atoms with Gasteiger partial charge in [0, 0.05) is 30.8 Å². The van der Waals surface area contributed by atoms with Gasteiger partial charge in [0.1, 0.15) is 0 Å². The minimum atomic E-state index is -0.0201. The standard InChI is InChI=1S/C21H20N2O2/c1-15-14-17-7-3-5-9-19(17)23(21(15)25)13-11-20(24)22-12-10-16-6-2-4-8-18(16)22/h2-9,14H,10-13H2,1H3. The molecule has 1 aromatic heterocycles. The second-order valence-electron chi connectivity index (χ2n) is 6.52. The molecular formula is C21H20N2O2. The Morgan fingerprint density at radius 1 is 1.08 bits per heavy atom. The highest BCUT2D eigenvalue weighted by Gasteiger charge is 2.23. The van der Waals surface area contributed by atoms with Crippen molar-refractivity contribution in [2.45, 2.75) is 26.3 Å². The molecule has 0 atom stereocenters. The van der Waals surface area contributed by atoms with Gasteiger partial charge in [-0.1, -0.05) is 36.4 Å². The molecule has 0 unspecified atom stereocenters. The van der Waals surface area contributed by atoms with E-state index in [1.165, 1.54) is 5.56 Å². The number of carbonyl (C=O) groups is 1. The molecule has 0 fully saturated rings. The topological polar surface area (TPSA) is 42.3 Å². The normalized spacial score (nSPS) is 13.2. The van der Waals surface area contributed by atoms with Crippen LogP contribution >= 0.6 is 0 Å². The molecule has 0 radical (unpaired) electrons. The van der Waals surface area contributed by atoms with Gasteiger partial charge in [-0.05, 0) is 42.5 Å². The van der Waals surface area contributed by atoms with Crippen LogP contribution in [0.1, 0.15) is 17.5 Å². The zero-order valence-corrected chi connectivity index (χ0v) is 14.2. The third-order valence-corrected chi connectivity index (χ3v) is 4.92. The summed E-state index contributed by atoms with van der Waals surface area (Å²) in [6, 6.07) is 17.8. The fourth-order valence-electron chi connectivity index (χ4n) is 3.63. The van der Waals surface area contributed by atoms with Gasteiger partial charge in [-0.3, -0.25) is 9.59 Å². The summed E-state index contributed by atoms with van der Waals surface area (Å²) < 4.78 is 1.73. The zero-order valence-electron chi connectivity index (χ0n) is 14.2. The van der Waals surface area contributed by atoms with Crippen molar-refractivity contribution in [3.8, 4) is 0 Å². The summed E-state index contributed by atoms with van der Waals surface area (Å²) >= 11 is 0. The van der Waals surface area contributed by atoms with E-state index >= 15 is 0 Å². The van der Waals surface area contributed by atoms with E-state index in [0.717, 1.165) is 29.6 Å². The van der Waals surface area contributed by atoms with Gasteiger partial charge in [0.15, 0.2) is 0 Å². The quantitative estimate of drug-likeness (QED) is 0.738. The van der Waals surface area contributed by atoms with Crippen LogP contribution in [0, 0.1) is 6.92 Å². The van der Waals surface area contributed by atoms with Gasteiger partial charge in [0.05, 0.1) is 5.52 Å². The van der Waals surface area contributed by atoms with Crippen LogP contribution in [0.4, 0.5) is 5.69 Å². The van der Waals surface area contributed by atoms with E-state index in [1.54, 1.807) is 4.57 Å². The van der Waals surface area contributed by atoms with E-state index in [0.29, 0.717) is 18.5 Å². The fourth-order valence-corrected chi connectivity index (χ4v) is 3.63. The summed E-state index contributed by atoms with van der Waals surface area (Å²) in [4.78, 5) is 27.1. The lowest BCUT2D eigenvalue weighted by Crippen LogP contribution is -2.31. The number of aryl methyl sites for hydroxylation is 2. The van der Waals surface area contributed by atoms with Crippen LogP contribution in [0.2, 0.25) is 0 Å². The lowest BCUT2D eigenvalue weighted by atomic mass is 10.1. The minimum Gasteiger partial charge on any atom is -0.312 e. The predicted molar refractivity (Wildman–Crippen MR) is 100 cm³/mol. The molecule has 1 amide bonds. The number of carbonyl (C=O) groups excluding carboxylic acids is 1. The second kappa shape index (κ2) is 6.20. The second-order valence-corrected chi connectivity index (χ2v) is 6.52. The Labute approximate surface area is 146 Å². The van der Waals surface area contributed by atoms with Crippen molar-refractivity contribution in [2.24, 2.45) is 0 Å². The van der Waals surface area contributed by atoms with Gasteiger partial charge in [0.25, 0.3) is 5.56 Å². The number of hydrogen-bond acceptors (Lipinski definition) is 2. The number of rotatable bonds is 3. The fraction of sp³-hybridized carbons (Fsp3) is 0.238. The van der Waals surface area contributed by atoms with E-state index in [9.17, 15) is 9.59 Å². The Hall–Kier alpha value is -2.88. The highest BCUT2D eigenvalue weighted by Crippen LogP contribution is 2.28. The first-order valence-corrected chi connectivity index (χ1v) is 8.62. The highest BCUT2D eigenvalue weighted by atomic mass is 16.2. The summed E-state index contributed by atoms with van der Waals surface area (Å²) in [5.74, 6) is 0.0717. The number of pyridine rings is 1. The molecule has 4 rings (SSSR count). The number of aromatic nitrogens is 1. The molecule has 4 nitrogen and oxygen atoms in total. The van der Waals surface area contributed by atoms with Crippen LogP contribution in [-0.4, -0.2) is 17.0 Å². The Bertz CT molecular complexity index is 1020. The lowest BCUT2D eigenvalue weighted by molar-refractivity contribution is -0.118. The van der Waals surface area contributed by atoms with Crippen molar-refractivity contribution < 1.29 is 4.79 Å². The number of anilines is 1. The van der Waals surface area contributed by atoms with Gasteiger partial charge in [-0.25, -0.2) is 0 Å². The molecule has 1 aliphatic rings. The third-order valence-electron chi connectivity index (χ3n) is 4.92. The highest BCUT2D eigenvalue weighted by molar-refractivity contribution is 5.95. The van der Waals surface area contributed by atoms with Crippen molar-refractivity contribution in [3.63, 3.8) is 0 Å². The molecule has 2 heterocycles. The predicted octanol–water partition coefficient (Wildman–Crippen LogP) is 3.29. The van der Waals surface area contributed by atoms with Crippen LogP contribution in [0.25, 0.3) is 10.9 Å². The van der Waals surface area contributed by atoms with Crippen molar-refractivity contribution >= 4 is 22.5 Å². The number of nitrogens with zero attached hydrogens (tertiary/aromatic N) is 2. The first-order chi connectivity index (χ1) is 12.1. The average molecular weight is 332 g/mol. The van der Waals surface area contributed by atoms with Crippen molar-refractivity contribution in [1.29, 1.82) is 0 Å². The van der Waals surface area contributed by atoms with Crippen LogP contribution in [0.15, 0.2) is 59.4 Å². The molecule has 0 spiro atoms. The van der Waals surface area contributed by atoms with Crippen molar-refractivity contribution in [3.05, 3.63) is 76.1 Å². The zero-order chi connectivity index (χ0) is 17.4. The van der Waals surface area contributed by atoms with Crippen LogP contribution in [-0.2, 0) is 17.8 Å². The van der Waals surface area contributed by atoms with Gasteiger partial charge >= 0.3 is 0 Å². The molecular weight excluding hydrogens is 312 g/mol. The van der Waals surface area contributed by atoms with Crippen molar-refractivity contribution in [1.82, 2.24) is 4.57 Å². The molecule has 126 valence electrons. The lowest BCUT2D eigenvalue weighted by Gasteiger charge is -2.18. The van der Waals surface area contributed by atoms with E-state index in [-0.39, 0.29) is 11.5 Å². The van der Waals surface area contributed by atoms with Crippen molar-refractivity contribution in [2.75, 3.05) is 11.4 Å². The minimum absolute atomic E-state index is 0.0201. The molecule has 25 heavy (non-hydrogen) atoms. The smallest absolute Gasteiger partial charge is 0.253 e. The van der Waals surface area contributed by atoms with E-state index in [1.807, 2.05) is 60.4 Å². The maximum absolute atomic E-state index is 12.7. The Balaban J connectivity index is 1.60. The molecule has 0 saturated carbocycles. The summed E-state index contributed by atoms with van der Waals surface area (Å²) in [6.45, 7) is 2.95. The third kappa shape index (κ3) is 2.74. The van der Waals surface area contributed by atoms with Crippen LogP contribution in [0.3, 0.4) is 0 Å². The molecule has 2 aromatic carbocycles. The summed E-state index contributed by atoms with van der Waals surface area (Å²) in [7, 11) is 0. The first kappa shape index (κ1) is 15.6. The Kier molecular flexibility index (Phi) is 3.88. The van der Waals surface area contributed by atoms with Crippen LogP contribution in [0.5, 0.6) is 0 Å². The number of hydrogen-bond donors (Lipinski definition) is 0.